The first-order valence-corrected chi connectivity index (χ1v) is 4.52. The molecule has 15 heavy (non-hydrogen) atoms. The number of hydrogen-bond donors (Lipinski definition) is 3. The summed E-state index contributed by atoms with van der Waals surface area (Å²) < 4.78 is 0. The van der Waals surface area contributed by atoms with E-state index in [0.717, 1.165) is 0 Å². The molecule has 0 aliphatic heterocycles. The second-order valence-corrected chi connectivity index (χ2v) is 3.73. The van der Waals surface area contributed by atoms with Gasteiger partial charge in [0, 0.05) is 12.8 Å². The summed E-state index contributed by atoms with van der Waals surface area (Å²) in [6.07, 6.45) is 0.126. The molecular formula is C9H15NO5. The van der Waals surface area contributed by atoms with Gasteiger partial charge >= 0.3 is 11.9 Å². The maximum atomic E-state index is 11.2. The van der Waals surface area contributed by atoms with Crippen LogP contribution in [0.15, 0.2) is 0 Å². The van der Waals surface area contributed by atoms with Crippen LogP contribution in [0.5, 0.6) is 0 Å². The second kappa shape index (κ2) is 5.33. The second-order valence-electron chi connectivity index (χ2n) is 3.73. The fraction of sp³-hybridized carbons (Fsp3) is 0.667. The van der Waals surface area contributed by atoms with Gasteiger partial charge in [-0.25, -0.2) is 4.79 Å². The standard InChI is InChI=1S/C9H15NO5/c1-9(2,8(14)15)10-6(11)4-3-5-7(12)13/h3-5H2,1-2H3,(H,10,11)(H,12,13)(H,14,15). The summed E-state index contributed by atoms with van der Waals surface area (Å²) in [6, 6.07) is 0. The van der Waals surface area contributed by atoms with Crippen molar-refractivity contribution in [2.45, 2.75) is 38.6 Å². The molecule has 0 aliphatic carbocycles. The van der Waals surface area contributed by atoms with Gasteiger partial charge in [-0.2, -0.15) is 0 Å². The highest BCUT2D eigenvalue weighted by Gasteiger charge is 2.28. The first kappa shape index (κ1) is 13.4. The zero-order valence-electron chi connectivity index (χ0n) is 8.74. The van der Waals surface area contributed by atoms with Gasteiger partial charge in [-0.1, -0.05) is 0 Å². The first-order valence-electron chi connectivity index (χ1n) is 4.52. The van der Waals surface area contributed by atoms with E-state index < -0.39 is 23.4 Å². The summed E-state index contributed by atoms with van der Waals surface area (Å²) in [5.74, 6) is -2.56. The predicted octanol–water partition coefficient (Wildman–Crippen LogP) is 0.221. The minimum Gasteiger partial charge on any atom is -0.481 e. The van der Waals surface area contributed by atoms with Crippen LogP contribution in [0.2, 0.25) is 0 Å². The number of amides is 1. The lowest BCUT2D eigenvalue weighted by molar-refractivity contribution is -0.146. The third-order valence-electron chi connectivity index (χ3n) is 1.78. The van der Waals surface area contributed by atoms with Crippen molar-refractivity contribution in [2.24, 2.45) is 0 Å². The van der Waals surface area contributed by atoms with E-state index >= 15 is 0 Å². The Morgan fingerprint density at radius 1 is 1.13 bits per heavy atom. The topological polar surface area (TPSA) is 104 Å². The molecule has 0 heterocycles. The number of carbonyl (C=O) groups excluding carboxylic acids is 1. The van der Waals surface area contributed by atoms with E-state index in [1.807, 2.05) is 0 Å². The average molecular weight is 217 g/mol. The average Bonchev–Trinajstić information content (AvgIpc) is 2.01. The molecule has 0 bridgehead atoms. The quantitative estimate of drug-likeness (QED) is 0.590. The molecule has 1 amide bonds. The smallest absolute Gasteiger partial charge is 0.328 e. The molecular weight excluding hydrogens is 202 g/mol. The summed E-state index contributed by atoms with van der Waals surface area (Å²) in [4.78, 5) is 32.0. The highest BCUT2D eigenvalue weighted by molar-refractivity contribution is 5.86. The molecule has 86 valence electrons. The van der Waals surface area contributed by atoms with Crippen LogP contribution in [0.3, 0.4) is 0 Å². The van der Waals surface area contributed by atoms with Gasteiger partial charge in [0.05, 0.1) is 0 Å². The Morgan fingerprint density at radius 2 is 1.67 bits per heavy atom. The van der Waals surface area contributed by atoms with Gasteiger partial charge in [-0.3, -0.25) is 9.59 Å². The number of rotatable bonds is 6. The van der Waals surface area contributed by atoms with Gasteiger partial charge in [-0.05, 0) is 20.3 Å². The third-order valence-corrected chi connectivity index (χ3v) is 1.78. The van der Waals surface area contributed by atoms with Crippen LogP contribution in [0, 0.1) is 0 Å². The zero-order valence-corrected chi connectivity index (χ0v) is 8.74. The monoisotopic (exact) mass is 217 g/mol. The maximum Gasteiger partial charge on any atom is 0.328 e. The molecule has 0 fully saturated rings. The summed E-state index contributed by atoms with van der Waals surface area (Å²) >= 11 is 0. The largest absolute Gasteiger partial charge is 0.481 e. The van der Waals surface area contributed by atoms with Crippen LogP contribution in [0.4, 0.5) is 0 Å². The fourth-order valence-electron chi connectivity index (χ4n) is 0.865. The van der Waals surface area contributed by atoms with Crippen molar-refractivity contribution in [3.05, 3.63) is 0 Å². The molecule has 0 unspecified atom stereocenters. The maximum absolute atomic E-state index is 11.2. The fourth-order valence-corrected chi connectivity index (χ4v) is 0.865. The number of carboxylic acids is 2. The molecule has 0 aromatic carbocycles. The van der Waals surface area contributed by atoms with Crippen molar-refractivity contribution < 1.29 is 24.6 Å². The Morgan fingerprint density at radius 3 is 2.07 bits per heavy atom. The van der Waals surface area contributed by atoms with Gasteiger partial charge in [0.25, 0.3) is 0 Å². The molecule has 0 aromatic heterocycles. The van der Waals surface area contributed by atoms with Crippen LogP contribution in [-0.2, 0) is 14.4 Å². The van der Waals surface area contributed by atoms with Gasteiger partial charge in [-0.15, -0.1) is 0 Å². The molecule has 0 aliphatic rings. The van der Waals surface area contributed by atoms with Gasteiger partial charge < -0.3 is 15.5 Å². The number of hydrogen-bond acceptors (Lipinski definition) is 3. The minimum atomic E-state index is -1.32. The summed E-state index contributed by atoms with van der Waals surface area (Å²) in [5.41, 5.74) is -1.32. The molecule has 6 heteroatoms. The molecule has 0 radical (unpaired) electrons. The van der Waals surface area contributed by atoms with Crippen molar-refractivity contribution in [1.29, 1.82) is 0 Å². The summed E-state index contributed by atoms with van der Waals surface area (Å²) in [7, 11) is 0. The first-order chi connectivity index (χ1) is 6.75. The van der Waals surface area contributed by atoms with Gasteiger partial charge in [0.1, 0.15) is 5.54 Å². The van der Waals surface area contributed by atoms with Crippen molar-refractivity contribution >= 4 is 17.8 Å². The van der Waals surface area contributed by atoms with E-state index in [0.29, 0.717) is 0 Å². The lowest BCUT2D eigenvalue weighted by atomic mass is 10.1. The van der Waals surface area contributed by atoms with Crippen LogP contribution in [0.25, 0.3) is 0 Å². The number of carboxylic acid groups (broad SMARTS) is 2. The number of carbonyl (C=O) groups is 3. The summed E-state index contributed by atoms with van der Waals surface area (Å²) in [5, 5.41) is 19.3. The molecule has 0 spiro atoms. The van der Waals surface area contributed by atoms with Crippen LogP contribution in [0.1, 0.15) is 33.1 Å². The highest BCUT2D eigenvalue weighted by atomic mass is 16.4. The molecule has 0 atom stereocenters. The molecule has 0 aromatic rings. The lowest BCUT2D eigenvalue weighted by Crippen LogP contribution is -2.49. The lowest BCUT2D eigenvalue weighted by Gasteiger charge is -2.20. The Hall–Kier alpha value is -1.59. The predicted molar refractivity (Wildman–Crippen MR) is 51.3 cm³/mol. The Bertz CT molecular complexity index is 272. The molecule has 3 N–H and O–H groups in total. The highest BCUT2D eigenvalue weighted by Crippen LogP contribution is 2.04. The third kappa shape index (κ3) is 5.66. The molecule has 6 nitrogen and oxygen atoms in total. The zero-order chi connectivity index (χ0) is 12.1. The van der Waals surface area contributed by atoms with Crippen LogP contribution < -0.4 is 5.32 Å². The van der Waals surface area contributed by atoms with Crippen LogP contribution >= 0.6 is 0 Å². The Labute approximate surface area is 87.3 Å². The van der Waals surface area contributed by atoms with Crippen molar-refractivity contribution in [1.82, 2.24) is 5.32 Å². The van der Waals surface area contributed by atoms with E-state index in [4.69, 9.17) is 10.2 Å². The normalized spacial score (nSPS) is 10.8. The molecule has 0 saturated carbocycles. The number of aliphatic carboxylic acids is 2. The van der Waals surface area contributed by atoms with E-state index in [1.54, 1.807) is 0 Å². The number of nitrogens with one attached hydrogen (secondary N) is 1. The molecule has 0 rings (SSSR count). The Kier molecular flexibility index (Phi) is 4.77. The summed E-state index contributed by atoms with van der Waals surface area (Å²) in [6.45, 7) is 2.73. The van der Waals surface area contributed by atoms with Crippen molar-refractivity contribution in [2.75, 3.05) is 0 Å². The van der Waals surface area contributed by atoms with Crippen LogP contribution in [-0.4, -0.2) is 33.6 Å². The SMILES string of the molecule is CC(C)(NC(=O)CCCC(=O)O)C(=O)O. The van der Waals surface area contributed by atoms with E-state index in [-0.39, 0.29) is 19.3 Å². The molecule has 0 saturated heterocycles. The van der Waals surface area contributed by atoms with Gasteiger partial charge in [0.2, 0.25) is 5.91 Å². The Balaban J connectivity index is 3.94. The minimum absolute atomic E-state index is 0.0169. The van der Waals surface area contributed by atoms with Crippen molar-refractivity contribution in [3.63, 3.8) is 0 Å². The van der Waals surface area contributed by atoms with Crippen molar-refractivity contribution in [3.8, 4) is 0 Å². The van der Waals surface area contributed by atoms with E-state index in [2.05, 4.69) is 5.32 Å². The van der Waals surface area contributed by atoms with Gasteiger partial charge in [0.15, 0.2) is 0 Å². The van der Waals surface area contributed by atoms with E-state index in [1.165, 1.54) is 13.8 Å². The van der Waals surface area contributed by atoms with E-state index in [9.17, 15) is 14.4 Å².